The Balaban J connectivity index is 2.26. The Morgan fingerprint density at radius 3 is 2.74 bits per heavy atom. The Bertz CT molecular complexity index is 646. The van der Waals surface area contributed by atoms with Gasteiger partial charge in [-0.05, 0) is 26.3 Å². The summed E-state index contributed by atoms with van der Waals surface area (Å²) in [4.78, 5) is 27.8. The average Bonchev–Trinajstić information content (AvgIpc) is 2.88. The van der Waals surface area contributed by atoms with E-state index in [4.69, 9.17) is 0 Å². The molecule has 2 aromatic rings. The van der Waals surface area contributed by atoms with Gasteiger partial charge in [0, 0.05) is 0 Å². The number of aryl methyl sites for hydroxylation is 1. The summed E-state index contributed by atoms with van der Waals surface area (Å²) in [5.74, 6) is 0.0568. The van der Waals surface area contributed by atoms with Crippen LogP contribution in [-0.2, 0) is 0 Å². The van der Waals surface area contributed by atoms with E-state index < -0.39 is 11.5 Å². The van der Waals surface area contributed by atoms with Gasteiger partial charge in [-0.2, -0.15) is 10.2 Å². The second-order valence-electron chi connectivity index (χ2n) is 4.20. The van der Waals surface area contributed by atoms with E-state index in [9.17, 15) is 9.59 Å². The van der Waals surface area contributed by atoms with Gasteiger partial charge in [0.25, 0.3) is 11.5 Å². The first-order valence-corrected chi connectivity index (χ1v) is 5.72. The molecule has 0 fully saturated rings. The number of nitrogens with one attached hydrogen (secondary N) is 3. The lowest BCUT2D eigenvalue weighted by atomic mass is 10.1. The zero-order chi connectivity index (χ0) is 14.0. The molecule has 3 N–H and O–H groups in total. The van der Waals surface area contributed by atoms with Crippen molar-refractivity contribution >= 4 is 5.91 Å². The van der Waals surface area contributed by atoms with Crippen molar-refractivity contribution in [3.05, 3.63) is 39.3 Å². The predicted octanol–water partition coefficient (Wildman–Crippen LogP) is -0.00416. The molecular formula is C11H14N6O2. The second-order valence-corrected chi connectivity index (χ2v) is 4.20. The maximum absolute atomic E-state index is 12.1. The fraction of sp³-hybridized carbons (Fsp3) is 0.364. The van der Waals surface area contributed by atoms with Crippen LogP contribution in [0.15, 0.2) is 11.1 Å². The lowest BCUT2D eigenvalue weighted by molar-refractivity contribution is 0.0935. The minimum atomic E-state index is -0.509. The molecule has 0 aliphatic rings. The first-order chi connectivity index (χ1) is 9.00. The van der Waals surface area contributed by atoms with E-state index in [-0.39, 0.29) is 11.6 Å². The third-order valence-corrected chi connectivity index (χ3v) is 2.89. The van der Waals surface area contributed by atoms with Crippen molar-refractivity contribution in [1.82, 2.24) is 30.7 Å². The molecule has 8 nitrogen and oxygen atoms in total. The first kappa shape index (κ1) is 12.9. The number of hydrogen-bond donors (Lipinski definition) is 3. The molecule has 0 saturated carbocycles. The second kappa shape index (κ2) is 5.01. The third-order valence-electron chi connectivity index (χ3n) is 2.89. The number of aromatic nitrogens is 5. The van der Waals surface area contributed by atoms with Crippen LogP contribution in [0.25, 0.3) is 0 Å². The standard InChI is InChI=1S/C11H14N6O2/c1-5-6(2)15-17-11(19)8(5)10(18)14-7(3)9-12-4-13-16-9/h4,7H,1-3H3,(H,14,18)(H,17,19)(H,12,13,16). The van der Waals surface area contributed by atoms with Crippen LogP contribution in [0.2, 0.25) is 0 Å². The van der Waals surface area contributed by atoms with Crippen molar-refractivity contribution in [3.63, 3.8) is 0 Å². The van der Waals surface area contributed by atoms with Crippen LogP contribution in [0.3, 0.4) is 0 Å². The number of hydrogen-bond acceptors (Lipinski definition) is 5. The van der Waals surface area contributed by atoms with Crippen LogP contribution in [0, 0.1) is 13.8 Å². The van der Waals surface area contributed by atoms with Crippen LogP contribution >= 0.6 is 0 Å². The third kappa shape index (κ3) is 2.51. The Hall–Kier alpha value is -2.51. The number of nitrogens with zero attached hydrogens (tertiary/aromatic N) is 3. The van der Waals surface area contributed by atoms with E-state index in [1.807, 2.05) is 0 Å². The molecule has 0 spiro atoms. The molecule has 1 unspecified atom stereocenters. The van der Waals surface area contributed by atoms with E-state index in [0.717, 1.165) is 0 Å². The molecule has 2 heterocycles. The van der Waals surface area contributed by atoms with Crippen LogP contribution in [0.4, 0.5) is 0 Å². The van der Waals surface area contributed by atoms with Crippen molar-refractivity contribution in [1.29, 1.82) is 0 Å². The SMILES string of the molecule is Cc1n[nH]c(=O)c(C(=O)NC(C)c2ncn[nH]2)c1C. The monoisotopic (exact) mass is 262 g/mol. The summed E-state index contributed by atoms with van der Waals surface area (Å²) in [7, 11) is 0. The van der Waals surface area contributed by atoms with Gasteiger partial charge in [-0.15, -0.1) is 0 Å². The lowest BCUT2D eigenvalue weighted by Crippen LogP contribution is -2.33. The van der Waals surface area contributed by atoms with Gasteiger partial charge in [-0.3, -0.25) is 14.7 Å². The average molecular weight is 262 g/mol. The lowest BCUT2D eigenvalue weighted by Gasteiger charge is -2.12. The highest BCUT2D eigenvalue weighted by atomic mass is 16.2. The molecule has 0 radical (unpaired) electrons. The largest absolute Gasteiger partial charge is 0.342 e. The van der Waals surface area contributed by atoms with E-state index in [1.165, 1.54) is 6.33 Å². The highest BCUT2D eigenvalue weighted by molar-refractivity contribution is 5.95. The minimum absolute atomic E-state index is 0.0684. The van der Waals surface area contributed by atoms with E-state index in [2.05, 4.69) is 30.7 Å². The Labute approximate surface area is 108 Å². The van der Waals surface area contributed by atoms with Crippen LogP contribution in [0.5, 0.6) is 0 Å². The zero-order valence-corrected chi connectivity index (χ0v) is 10.8. The molecule has 1 atom stereocenters. The Morgan fingerprint density at radius 1 is 1.37 bits per heavy atom. The first-order valence-electron chi connectivity index (χ1n) is 5.72. The minimum Gasteiger partial charge on any atom is -0.342 e. The molecule has 0 bridgehead atoms. The summed E-state index contributed by atoms with van der Waals surface area (Å²) in [5.41, 5.74) is 0.729. The summed E-state index contributed by atoms with van der Waals surface area (Å²) in [6.45, 7) is 5.16. The predicted molar refractivity (Wildman–Crippen MR) is 66.6 cm³/mol. The Morgan fingerprint density at radius 2 is 2.11 bits per heavy atom. The smallest absolute Gasteiger partial charge is 0.277 e. The summed E-state index contributed by atoms with van der Waals surface area (Å²) in [6, 6.07) is -0.373. The highest BCUT2D eigenvalue weighted by Gasteiger charge is 2.19. The van der Waals surface area contributed by atoms with Gasteiger partial charge < -0.3 is 5.32 Å². The van der Waals surface area contributed by atoms with Crippen molar-refractivity contribution in [3.8, 4) is 0 Å². The Kier molecular flexibility index (Phi) is 3.41. The molecule has 0 saturated heterocycles. The van der Waals surface area contributed by atoms with Gasteiger partial charge in [0.1, 0.15) is 17.7 Å². The maximum atomic E-state index is 12.1. The zero-order valence-electron chi connectivity index (χ0n) is 10.8. The molecule has 100 valence electrons. The number of carbonyl (C=O) groups excluding carboxylic acids is 1. The number of aromatic amines is 2. The topological polar surface area (TPSA) is 116 Å². The van der Waals surface area contributed by atoms with Gasteiger partial charge in [-0.1, -0.05) is 0 Å². The van der Waals surface area contributed by atoms with E-state index >= 15 is 0 Å². The number of amides is 1. The summed E-state index contributed by atoms with van der Waals surface area (Å²) in [5, 5.41) is 15.2. The molecule has 1 amide bonds. The molecule has 8 heteroatoms. The molecule has 2 aromatic heterocycles. The molecule has 0 aliphatic carbocycles. The molecule has 0 aliphatic heterocycles. The van der Waals surface area contributed by atoms with Gasteiger partial charge in [0.05, 0.1) is 11.7 Å². The maximum Gasteiger partial charge on any atom is 0.277 e. The summed E-state index contributed by atoms with van der Waals surface area (Å²) >= 11 is 0. The van der Waals surface area contributed by atoms with Crippen molar-refractivity contribution in [2.75, 3.05) is 0 Å². The number of rotatable bonds is 3. The van der Waals surface area contributed by atoms with E-state index in [0.29, 0.717) is 17.1 Å². The molecule has 2 rings (SSSR count). The fourth-order valence-corrected chi connectivity index (χ4v) is 1.66. The molecule has 19 heavy (non-hydrogen) atoms. The van der Waals surface area contributed by atoms with E-state index in [1.54, 1.807) is 20.8 Å². The summed E-state index contributed by atoms with van der Waals surface area (Å²) in [6.07, 6.45) is 1.35. The van der Waals surface area contributed by atoms with Gasteiger partial charge in [0.2, 0.25) is 0 Å². The van der Waals surface area contributed by atoms with Crippen molar-refractivity contribution < 1.29 is 4.79 Å². The van der Waals surface area contributed by atoms with Crippen molar-refractivity contribution in [2.24, 2.45) is 0 Å². The van der Waals surface area contributed by atoms with Crippen LogP contribution in [0.1, 0.15) is 40.4 Å². The summed E-state index contributed by atoms with van der Waals surface area (Å²) < 4.78 is 0. The van der Waals surface area contributed by atoms with Gasteiger partial charge >= 0.3 is 0 Å². The van der Waals surface area contributed by atoms with Crippen LogP contribution < -0.4 is 10.9 Å². The molecule has 0 aromatic carbocycles. The number of carbonyl (C=O) groups is 1. The molecular weight excluding hydrogens is 248 g/mol. The van der Waals surface area contributed by atoms with Gasteiger partial charge in [0.15, 0.2) is 0 Å². The van der Waals surface area contributed by atoms with Crippen LogP contribution in [-0.4, -0.2) is 31.3 Å². The highest BCUT2D eigenvalue weighted by Crippen LogP contribution is 2.09. The van der Waals surface area contributed by atoms with Crippen molar-refractivity contribution in [2.45, 2.75) is 26.8 Å². The quantitative estimate of drug-likeness (QED) is 0.719. The fourth-order valence-electron chi connectivity index (χ4n) is 1.66. The normalized spacial score (nSPS) is 12.2. The number of H-pyrrole nitrogens is 2. The van der Waals surface area contributed by atoms with Gasteiger partial charge in [-0.25, -0.2) is 10.1 Å².